The summed E-state index contributed by atoms with van der Waals surface area (Å²) in [5.74, 6) is -0.229. The van der Waals surface area contributed by atoms with E-state index in [0.717, 1.165) is 21.1 Å². The molecular weight excluding hydrogens is 444 g/mol. The molecule has 1 N–H and O–H groups in total. The van der Waals surface area contributed by atoms with E-state index in [9.17, 15) is 13.2 Å². The first-order chi connectivity index (χ1) is 15.0. The predicted octanol–water partition coefficient (Wildman–Crippen LogP) is 4.17. The van der Waals surface area contributed by atoms with Crippen LogP contribution < -0.4 is 5.32 Å². The molecule has 9 heteroatoms. The van der Waals surface area contributed by atoms with Gasteiger partial charge in [-0.2, -0.15) is 0 Å². The van der Waals surface area contributed by atoms with Crippen molar-refractivity contribution in [1.29, 1.82) is 0 Å². The fourth-order valence-electron chi connectivity index (χ4n) is 3.11. The Balaban J connectivity index is 1.80. The Morgan fingerprint density at radius 1 is 1.12 bits per heavy atom. The smallest absolute Gasteiger partial charge is 0.242 e. The molecule has 7 nitrogen and oxygen atoms in total. The molecule has 32 heavy (non-hydrogen) atoms. The van der Waals surface area contributed by atoms with Gasteiger partial charge < -0.3 is 5.32 Å². The summed E-state index contributed by atoms with van der Waals surface area (Å²) in [4.78, 5) is 17.5. The molecule has 3 rings (SSSR count). The Labute approximate surface area is 193 Å². The highest BCUT2D eigenvalue weighted by molar-refractivity contribution is 8.00. The van der Waals surface area contributed by atoms with Crippen LogP contribution in [0.4, 0.5) is 5.69 Å². The van der Waals surface area contributed by atoms with E-state index in [4.69, 9.17) is 0 Å². The SMILES string of the molecule is Cc1ccc(S(=O)(=O)N(C)C)cc1NC(=O)C(C)Sc1nccn1-c1cccc(C)c1C. The second-order valence-corrected chi connectivity index (χ2v) is 11.3. The molecule has 170 valence electrons. The average Bonchev–Trinajstić information content (AvgIpc) is 3.19. The molecule has 0 bridgehead atoms. The Hall–Kier alpha value is -2.62. The van der Waals surface area contributed by atoms with Crippen LogP contribution in [0.25, 0.3) is 5.69 Å². The van der Waals surface area contributed by atoms with Gasteiger partial charge >= 0.3 is 0 Å². The molecule has 0 aliphatic heterocycles. The minimum Gasteiger partial charge on any atom is -0.325 e. The Morgan fingerprint density at radius 2 is 1.84 bits per heavy atom. The monoisotopic (exact) mass is 472 g/mol. The maximum Gasteiger partial charge on any atom is 0.242 e. The number of sulfonamides is 1. The van der Waals surface area contributed by atoms with E-state index < -0.39 is 15.3 Å². The molecule has 0 aliphatic carbocycles. The van der Waals surface area contributed by atoms with Crippen LogP contribution in [0, 0.1) is 20.8 Å². The van der Waals surface area contributed by atoms with Gasteiger partial charge in [-0.3, -0.25) is 9.36 Å². The van der Waals surface area contributed by atoms with E-state index in [1.54, 1.807) is 25.3 Å². The topological polar surface area (TPSA) is 84.3 Å². The van der Waals surface area contributed by atoms with Crippen LogP contribution in [-0.4, -0.2) is 47.5 Å². The van der Waals surface area contributed by atoms with Crippen LogP contribution in [0.1, 0.15) is 23.6 Å². The number of hydrogen-bond acceptors (Lipinski definition) is 5. The molecular formula is C23H28N4O3S2. The molecule has 1 unspecified atom stereocenters. The molecule has 1 atom stereocenters. The summed E-state index contributed by atoms with van der Waals surface area (Å²) < 4.78 is 28.0. The lowest BCUT2D eigenvalue weighted by Gasteiger charge is -2.17. The Bertz CT molecular complexity index is 1250. The largest absolute Gasteiger partial charge is 0.325 e. The van der Waals surface area contributed by atoms with Gasteiger partial charge in [-0.05, 0) is 62.6 Å². The van der Waals surface area contributed by atoms with Gasteiger partial charge in [-0.15, -0.1) is 0 Å². The van der Waals surface area contributed by atoms with Crippen molar-refractivity contribution in [2.75, 3.05) is 19.4 Å². The number of thioether (sulfide) groups is 1. The predicted molar refractivity (Wildman–Crippen MR) is 129 cm³/mol. The average molecular weight is 473 g/mol. The molecule has 1 heterocycles. The minimum absolute atomic E-state index is 0.133. The lowest BCUT2D eigenvalue weighted by Crippen LogP contribution is -2.25. The number of amides is 1. The third-order valence-electron chi connectivity index (χ3n) is 5.34. The second-order valence-electron chi connectivity index (χ2n) is 7.81. The number of rotatable bonds is 7. The third-order valence-corrected chi connectivity index (χ3v) is 8.23. The number of carbonyl (C=O) groups excluding carboxylic acids is 1. The first-order valence-electron chi connectivity index (χ1n) is 10.1. The summed E-state index contributed by atoms with van der Waals surface area (Å²) in [5, 5.41) is 3.13. The van der Waals surface area contributed by atoms with Crippen LogP contribution in [0.3, 0.4) is 0 Å². The van der Waals surface area contributed by atoms with Crippen LogP contribution >= 0.6 is 11.8 Å². The van der Waals surface area contributed by atoms with Crippen molar-refractivity contribution in [2.45, 2.75) is 43.0 Å². The summed E-state index contributed by atoms with van der Waals surface area (Å²) in [6.45, 7) is 7.75. The van der Waals surface area contributed by atoms with Crippen molar-refractivity contribution >= 4 is 33.4 Å². The Kier molecular flexibility index (Phi) is 7.12. The van der Waals surface area contributed by atoms with Gasteiger partial charge in [0.15, 0.2) is 5.16 Å². The van der Waals surface area contributed by atoms with Crippen molar-refractivity contribution in [3.05, 3.63) is 65.5 Å². The number of imidazole rings is 1. The van der Waals surface area contributed by atoms with Crippen LogP contribution in [0.15, 0.2) is 58.8 Å². The quantitative estimate of drug-likeness (QED) is 0.522. The lowest BCUT2D eigenvalue weighted by atomic mass is 10.1. The molecule has 0 saturated carbocycles. The van der Waals surface area contributed by atoms with Crippen molar-refractivity contribution in [3.63, 3.8) is 0 Å². The standard InChI is InChI=1S/C23H28N4O3S2/c1-15-8-7-9-21(17(15)3)27-13-12-24-23(27)31-18(4)22(28)25-20-14-19(11-10-16(20)2)32(29,30)26(5)6/h7-14,18H,1-6H3,(H,25,28). The zero-order chi connectivity index (χ0) is 23.6. The van der Waals surface area contributed by atoms with Crippen LogP contribution in [0.5, 0.6) is 0 Å². The fourth-order valence-corrected chi connectivity index (χ4v) is 4.92. The van der Waals surface area contributed by atoms with E-state index in [1.807, 2.05) is 29.8 Å². The number of anilines is 1. The number of aryl methyl sites for hydroxylation is 2. The third kappa shape index (κ3) is 4.90. The van der Waals surface area contributed by atoms with Gasteiger partial charge in [0.2, 0.25) is 15.9 Å². The molecule has 0 fully saturated rings. The number of nitrogens with one attached hydrogen (secondary N) is 1. The number of carbonyl (C=O) groups is 1. The second kappa shape index (κ2) is 9.48. The van der Waals surface area contributed by atoms with E-state index in [-0.39, 0.29) is 10.8 Å². The van der Waals surface area contributed by atoms with Crippen molar-refractivity contribution in [1.82, 2.24) is 13.9 Å². The molecule has 2 aromatic carbocycles. The normalized spacial score (nSPS) is 12.7. The first-order valence-corrected chi connectivity index (χ1v) is 12.4. The lowest BCUT2D eigenvalue weighted by molar-refractivity contribution is -0.115. The molecule has 0 spiro atoms. The molecule has 0 radical (unpaired) electrons. The van der Waals surface area contributed by atoms with E-state index in [2.05, 4.69) is 30.2 Å². The maximum atomic E-state index is 12.9. The number of hydrogen-bond donors (Lipinski definition) is 1. The molecule has 1 amide bonds. The first kappa shape index (κ1) is 24.0. The molecule has 3 aromatic rings. The zero-order valence-electron chi connectivity index (χ0n) is 19.1. The highest BCUT2D eigenvalue weighted by atomic mass is 32.2. The molecule has 0 saturated heterocycles. The van der Waals surface area contributed by atoms with E-state index >= 15 is 0 Å². The number of benzene rings is 2. The van der Waals surface area contributed by atoms with Crippen molar-refractivity contribution in [3.8, 4) is 5.69 Å². The van der Waals surface area contributed by atoms with Gasteiger partial charge in [-0.1, -0.05) is 30.0 Å². The highest BCUT2D eigenvalue weighted by Gasteiger charge is 2.22. The van der Waals surface area contributed by atoms with Gasteiger partial charge in [0.1, 0.15) is 0 Å². The van der Waals surface area contributed by atoms with E-state index in [0.29, 0.717) is 10.8 Å². The van der Waals surface area contributed by atoms with E-state index in [1.165, 1.54) is 37.5 Å². The van der Waals surface area contributed by atoms with Crippen molar-refractivity contribution < 1.29 is 13.2 Å². The summed E-state index contributed by atoms with van der Waals surface area (Å²) >= 11 is 1.35. The molecule has 0 aliphatic rings. The summed E-state index contributed by atoms with van der Waals surface area (Å²) in [7, 11) is -0.641. The highest BCUT2D eigenvalue weighted by Crippen LogP contribution is 2.28. The Morgan fingerprint density at radius 3 is 2.53 bits per heavy atom. The summed E-state index contributed by atoms with van der Waals surface area (Å²) in [5.41, 5.74) is 4.61. The summed E-state index contributed by atoms with van der Waals surface area (Å²) in [6.07, 6.45) is 3.60. The van der Waals surface area contributed by atoms with Gasteiger partial charge in [-0.25, -0.2) is 17.7 Å². The summed E-state index contributed by atoms with van der Waals surface area (Å²) in [6, 6.07) is 10.8. The zero-order valence-corrected chi connectivity index (χ0v) is 20.7. The van der Waals surface area contributed by atoms with Crippen LogP contribution in [-0.2, 0) is 14.8 Å². The van der Waals surface area contributed by atoms with Crippen LogP contribution in [0.2, 0.25) is 0 Å². The van der Waals surface area contributed by atoms with Gasteiger partial charge in [0.05, 0.1) is 15.8 Å². The van der Waals surface area contributed by atoms with Gasteiger partial charge in [0, 0.05) is 32.2 Å². The maximum absolute atomic E-state index is 12.9. The fraction of sp³-hybridized carbons (Fsp3) is 0.304. The number of aromatic nitrogens is 2. The molecule has 1 aromatic heterocycles. The van der Waals surface area contributed by atoms with Crippen molar-refractivity contribution in [2.24, 2.45) is 0 Å². The number of nitrogens with zero attached hydrogens (tertiary/aromatic N) is 3. The minimum atomic E-state index is -3.59. The van der Waals surface area contributed by atoms with Gasteiger partial charge in [0.25, 0.3) is 0 Å².